The summed E-state index contributed by atoms with van der Waals surface area (Å²) >= 11 is 1.60. The van der Waals surface area contributed by atoms with Crippen LogP contribution in [-0.4, -0.2) is 11.5 Å². The molecular weight excluding hydrogens is 295 g/mol. The summed E-state index contributed by atoms with van der Waals surface area (Å²) in [6.45, 7) is 0.582. The third kappa shape index (κ3) is 3.24. The van der Waals surface area contributed by atoms with Crippen LogP contribution in [0.5, 0.6) is 0 Å². The largest absolute Gasteiger partial charge is 0.330 e. The van der Waals surface area contributed by atoms with Crippen LogP contribution in [0.1, 0.15) is 27.7 Å². The Morgan fingerprint density at radius 3 is 2.55 bits per heavy atom. The molecule has 3 aromatic rings. The highest BCUT2D eigenvalue weighted by Gasteiger charge is 2.20. The van der Waals surface area contributed by atoms with Crippen molar-refractivity contribution in [2.75, 3.05) is 6.54 Å². The van der Waals surface area contributed by atoms with E-state index in [2.05, 4.69) is 12.1 Å². The van der Waals surface area contributed by atoms with Gasteiger partial charge in [-0.1, -0.05) is 42.5 Å². The van der Waals surface area contributed by atoms with E-state index in [1.54, 1.807) is 23.5 Å². The topological polar surface area (TPSA) is 38.9 Å². The molecular formula is C18H17FN2S. The lowest BCUT2D eigenvalue weighted by molar-refractivity contribution is 0.625. The molecule has 0 saturated carbocycles. The molecule has 0 bridgehead atoms. The maximum absolute atomic E-state index is 13.7. The number of nitrogens with zero attached hydrogens (tertiary/aromatic N) is 1. The number of nitrogens with two attached hydrogens (primary N) is 1. The highest BCUT2D eigenvalue weighted by atomic mass is 32.1. The lowest BCUT2D eigenvalue weighted by Crippen LogP contribution is -2.06. The quantitative estimate of drug-likeness (QED) is 0.774. The average molecular weight is 312 g/mol. The van der Waals surface area contributed by atoms with E-state index >= 15 is 0 Å². The van der Waals surface area contributed by atoms with Gasteiger partial charge in [-0.2, -0.15) is 0 Å². The zero-order valence-electron chi connectivity index (χ0n) is 12.1. The first kappa shape index (κ1) is 14.9. The van der Waals surface area contributed by atoms with Crippen LogP contribution in [-0.2, 0) is 6.42 Å². The molecule has 0 spiro atoms. The van der Waals surface area contributed by atoms with Crippen molar-refractivity contribution < 1.29 is 4.39 Å². The fourth-order valence-electron chi connectivity index (χ4n) is 2.53. The van der Waals surface area contributed by atoms with Crippen LogP contribution in [0.2, 0.25) is 0 Å². The fraction of sp³-hybridized carbons (Fsp3) is 0.167. The lowest BCUT2D eigenvalue weighted by atomic mass is 9.92. The first-order valence-corrected chi connectivity index (χ1v) is 8.10. The first-order chi connectivity index (χ1) is 10.8. The van der Waals surface area contributed by atoms with E-state index in [1.807, 2.05) is 29.6 Å². The summed E-state index contributed by atoms with van der Waals surface area (Å²) in [6, 6.07) is 16.8. The molecule has 0 aliphatic carbocycles. The van der Waals surface area contributed by atoms with E-state index in [4.69, 9.17) is 10.7 Å². The molecule has 0 aliphatic rings. The molecule has 22 heavy (non-hydrogen) atoms. The zero-order chi connectivity index (χ0) is 15.4. The number of hydrogen-bond donors (Lipinski definition) is 1. The Bertz CT molecular complexity index is 740. The number of hydrogen-bond acceptors (Lipinski definition) is 3. The Morgan fingerprint density at radius 1 is 1.05 bits per heavy atom. The summed E-state index contributed by atoms with van der Waals surface area (Å²) in [4.78, 5) is 4.70. The van der Waals surface area contributed by atoms with Gasteiger partial charge in [0.15, 0.2) is 0 Å². The summed E-state index contributed by atoms with van der Waals surface area (Å²) in [6.07, 6.45) is 0.765. The number of thiazole rings is 1. The number of benzene rings is 2. The van der Waals surface area contributed by atoms with E-state index in [0.717, 1.165) is 28.2 Å². The summed E-state index contributed by atoms with van der Waals surface area (Å²) < 4.78 is 13.7. The highest BCUT2D eigenvalue weighted by Crippen LogP contribution is 2.34. The van der Waals surface area contributed by atoms with Gasteiger partial charge in [0.05, 0.1) is 11.6 Å². The monoisotopic (exact) mass is 312 g/mol. The molecule has 3 rings (SSSR count). The predicted molar refractivity (Wildman–Crippen MR) is 88.7 cm³/mol. The summed E-state index contributed by atoms with van der Waals surface area (Å²) in [5.41, 5.74) is 8.63. The van der Waals surface area contributed by atoms with Crippen molar-refractivity contribution in [1.29, 1.82) is 0 Å². The Hall–Kier alpha value is -2.04. The van der Waals surface area contributed by atoms with Crippen LogP contribution in [0.4, 0.5) is 4.39 Å². The minimum Gasteiger partial charge on any atom is -0.330 e. The second kappa shape index (κ2) is 6.81. The summed E-state index contributed by atoms with van der Waals surface area (Å²) in [7, 11) is 0. The van der Waals surface area contributed by atoms with Gasteiger partial charge in [0.1, 0.15) is 10.8 Å². The Labute approximate surface area is 133 Å². The third-order valence-corrected chi connectivity index (χ3v) is 4.49. The Balaban J connectivity index is 2.06. The molecule has 0 saturated heterocycles. The molecule has 1 unspecified atom stereocenters. The maximum atomic E-state index is 13.7. The van der Waals surface area contributed by atoms with E-state index in [0.29, 0.717) is 6.54 Å². The minimum atomic E-state index is -0.225. The predicted octanol–water partition coefficient (Wildman–Crippen LogP) is 3.96. The molecule has 4 heteroatoms. The van der Waals surface area contributed by atoms with Gasteiger partial charge in [-0.3, -0.25) is 0 Å². The van der Waals surface area contributed by atoms with Crippen molar-refractivity contribution in [3.63, 3.8) is 0 Å². The Morgan fingerprint density at radius 2 is 1.82 bits per heavy atom. The SMILES string of the molecule is NCCc1csc(C(c2ccccc2)c2cccc(F)c2)n1. The average Bonchev–Trinajstić information content (AvgIpc) is 2.97. The Kier molecular flexibility index (Phi) is 4.61. The van der Waals surface area contributed by atoms with Crippen molar-refractivity contribution in [2.45, 2.75) is 12.3 Å². The van der Waals surface area contributed by atoms with Gasteiger partial charge in [0.2, 0.25) is 0 Å². The maximum Gasteiger partial charge on any atom is 0.123 e. The standard InChI is InChI=1S/C18H17FN2S/c19-15-8-4-7-14(11-15)17(13-5-2-1-3-6-13)18-21-16(9-10-20)12-22-18/h1-8,11-12,17H,9-10,20H2. The van der Waals surface area contributed by atoms with Gasteiger partial charge in [-0.15, -0.1) is 11.3 Å². The van der Waals surface area contributed by atoms with Crippen LogP contribution in [0.3, 0.4) is 0 Å². The minimum absolute atomic E-state index is 0.0478. The van der Waals surface area contributed by atoms with Gasteiger partial charge >= 0.3 is 0 Å². The van der Waals surface area contributed by atoms with Gasteiger partial charge in [0.25, 0.3) is 0 Å². The van der Waals surface area contributed by atoms with Crippen LogP contribution in [0, 0.1) is 5.82 Å². The second-order valence-electron chi connectivity index (χ2n) is 5.11. The van der Waals surface area contributed by atoms with E-state index < -0.39 is 0 Å². The van der Waals surface area contributed by atoms with Crippen LogP contribution in [0.25, 0.3) is 0 Å². The van der Waals surface area contributed by atoms with Crippen molar-refractivity contribution in [3.05, 3.63) is 87.6 Å². The second-order valence-corrected chi connectivity index (χ2v) is 6.00. The van der Waals surface area contributed by atoms with Crippen LogP contribution >= 0.6 is 11.3 Å². The van der Waals surface area contributed by atoms with Gasteiger partial charge in [-0.25, -0.2) is 9.37 Å². The molecule has 2 aromatic carbocycles. The molecule has 0 aliphatic heterocycles. The molecule has 2 N–H and O–H groups in total. The van der Waals surface area contributed by atoms with Crippen molar-refractivity contribution in [1.82, 2.24) is 4.98 Å². The van der Waals surface area contributed by atoms with Gasteiger partial charge < -0.3 is 5.73 Å². The molecule has 1 atom stereocenters. The summed E-state index contributed by atoms with van der Waals surface area (Å²) in [5.74, 6) is -0.273. The normalized spacial score (nSPS) is 12.3. The molecule has 1 heterocycles. The zero-order valence-corrected chi connectivity index (χ0v) is 12.9. The van der Waals surface area contributed by atoms with Gasteiger partial charge in [-0.05, 0) is 29.8 Å². The van der Waals surface area contributed by atoms with E-state index in [1.165, 1.54) is 6.07 Å². The van der Waals surface area contributed by atoms with Crippen molar-refractivity contribution in [3.8, 4) is 0 Å². The van der Waals surface area contributed by atoms with E-state index in [9.17, 15) is 4.39 Å². The number of aromatic nitrogens is 1. The molecule has 2 nitrogen and oxygen atoms in total. The molecule has 0 radical (unpaired) electrons. The third-order valence-electron chi connectivity index (χ3n) is 3.53. The number of halogens is 1. The molecule has 1 aromatic heterocycles. The number of rotatable bonds is 5. The first-order valence-electron chi connectivity index (χ1n) is 7.22. The summed E-state index contributed by atoms with van der Waals surface area (Å²) in [5, 5.41) is 3.01. The highest BCUT2D eigenvalue weighted by molar-refractivity contribution is 7.09. The lowest BCUT2D eigenvalue weighted by Gasteiger charge is -2.15. The van der Waals surface area contributed by atoms with Gasteiger partial charge in [0, 0.05) is 11.8 Å². The van der Waals surface area contributed by atoms with Crippen molar-refractivity contribution >= 4 is 11.3 Å². The smallest absolute Gasteiger partial charge is 0.123 e. The van der Waals surface area contributed by atoms with Crippen LogP contribution in [0.15, 0.2) is 60.0 Å². The fourth-order valence-corrected chi connectivity index (χ4v) is 3.53. The molecule has 0 fully saturated rings. The van der Waals surface area contributed by atoms with Crippen molar-refractivity contribution in [2.24, 2.45) is 5.73 Å². The molecule has 0 amide bonds. The van der Waals surface area contributed by atoms with E-state index in [-0.39, 0.29) is 11.7 Å². The molecule has 112 valence electrons. The van der Waals surface area contributed by atoms with Crippen LogP contribution < -0.4 is 5.73 Å².